The number of benzene rings is 1. The minimum atomic E-state index is -4.56. The molecule has 0 saturated carbocycles. The van der Waals surface area contributed by atoms with Crippen molar-refractivity contribution >= 4 is 5.91 Å². The molecular formula is C14H15F3N2O2. The largest absolute Gasteiger partial charge is 0.483 e. The number of carbonyl (C=O) groups is 1. The zero-order valence-electron chi connectivity index (χ0n) is 11.4. The first-order valence-electron chi connectivity index (χ1n) is 6.06. The zero-order chi connectivity index (χ0) is 15.9. The van der Waals surface area contributed by atoms with E-state index in [1.807, 2.05) is 0 Å². The van der Waals surface area contributed by atoms with Crippen LogP contribution in [0, 0.1) is 12.3 Å². The van der Waals surface area contributed by atoms with Crippen LogP contribution in [0.3, 0.4) is 0 Å². The second-order valence-electron chi connectivity index (χ2n) is 4.13. The Hall–Kier alpha value is -2.20. The van der Waals surface area contributed by atoms with Gasteiger partial charge in [-0.25, -0.2) is 0 Å². The maximum absolute atomic E-state index is 13.0. The molecule has 2 N–H and O–H groups in total. The predicted molar refractivity (Wildman–Crippen MR) is 71.5 cm³/mol. The average molecular weight is 300 g/mol. The van der Waals surface area contributed by atoms with E-state index in [-0.39, 0.29) is 6.54 Å². The highest BCUT2D eigenvalue weighted by atomic mass is 19.4. The first kappa shape index (κ1) is 16.9. The summed E-state index contributed by atoms with van der Waals surface area (Å²) in [6, 6.07) is 3.69. The standard InChI is InChI=1S/C14H15F3N2O2/c1-3-6-19-13(20)9-21-12-5-4-10(8-18-2)7-11(12)14(15,16)17/h1,4-5,7,18H,6,8-9H2,2H3,(H,19,20). The van der Waals surface area contributed by atoms with E-state index < -0.39 is 30.0 Å². The van der Waals surface area contributed by atoms with Crippen molar-refractivity contribution in [2.45, 2.75) is 12.7 Å². The molecule has 0 aromatic heterocycles. The fourth-order valence-electron chi connectivity index (χ4n) is 1.58. The van der Waals surface area contributed by atoms with Gasteiger partial charge in [0.1, 0.15) is 5.75 Å². The molecular weight excluding hydrogens is 285 g/mol. The summed E-state index contributed by atoms with van der Waals surface area (Å²) in [5.41, 5.74) is -0.450. The van der Waals surface area contributed by atoms with Crippen molar-refractivity contribution in [3.8, 4) is 18.1 Å². The summed E-state index contributed by atoms with van der Waals surface area (Å²) in [6.45, 7) is -0.239. The highest BCUT2D eigenvalue weighted by molar-refractivity contribution is 5.77. The Bertz CT molecular complexity index is 536. The van der Waals surface area contributed by atoms with Gasteiger partial charge in [-0.15, -0.1) is 6.42 Å². The van der Waals surface area contributed by atoms with Gasteiger partial charge in [-0.3, -0.25) is 4.79 Å². The average Bonchev–Trinajstić information content (AvgIpc) is 2.43. The van der Waals surface area contributed by atoms with Gasteiger partial charge >= 0.3 is 6.18 Å². The van der Waals surface area contributed by atoms with Crippen LogP contribution in [0.1, 0.15) is 11.1 Å². The SMILES string of the molecule is C#CCNC(=O)COc1ccc(CNC)cc1C(F)(F)F. The van der Waals surface area contributed by atoms with Crippen molar-refractivity contribution in [2.24, 2.45) is 0 Å². The summed E-state index contributed by atoms with van der Waals surface area (Å²) < 4.78 is 43.8. The van der Waals surface area contributed by atoms with Crippen LogP contribution in [-0.4, -0.2) is 26.1 Å². The van der Waals surface area contributed by atoms with E-state index in [4.69, 9.17) is 11.2 Å². The molecule has 0 fully saturated rings. The van der Waals surface area contributed by atoms with Gasteiger partial charge in [-0.1, -0.05) is 12.0 Å². The number of nitrogens with one attached hydrogen (secondary N) is 2. The summed E-state index contributed by atoms with van der Waals surface area (Å²) in [4.78, 5) is 11.3. The van der Waals surface area contributed by atoms with Crippen LogP contribution >= 0.6 is 0 Å². The number of alkyl halides is 3. The van der Waals surface area contributed by atoms with Gasteiger partial charge in [0.25, 0.3) is 5.91 Å². The van der Waals surface area contributed by atoms with E-state index in [1.165, 1.54) is 12.1 Å². The fourth-order valence-corrected chi connectivity index (χ4v) is 1.58. The van der Waals surface area contributed by atoms with E-state index in [0.717, 1.165) is 6.07 Å². The minimum Gasteiger partial charge on any atom is -0.483 e. The van der Waals surface area contributed by atoms with E-state index in [1.54, 1.807) is 7.05 Å². The number of amides is 1. The van der Waals surface area contributed by atoms with Crippen LogP contribution in [0.2, 0.25) is 0 Å². The molecule has 0 aliphatic carbocycles. The highest BCUT2D eigenvalue weighted by Crippen LogP contribution is 2.36. The number of hydrogen-bond donors (Lipinski definition) is 2. The second kappa shape index (κ2) is 7.55. The van der Waals surface area contributed by atoms with Crippen molar-refractivity contribution in [3.05, 3.63) is 29.3 Å². The monoisotopic (exact) mass is 300 g/mol. The molecule has 0 heterocycles. The maximum atomic E-state index is 13.0. The molecule has 0 radical (unpaired) electrons. The van der Waals surface area contributed by atoms with Crippen molar-refractivity contribution < 1.29 is 22.7 Å². The van der Waals surface area contributed by atoms with Gasteiger partial charge in [0.15, 0.2) is 6.61 Å². The van der Waals surface area contributed by atoms with Crippen molar-refractivity contribution in [1.82, 2.24) is 10.6 Å². The molecule has 0 aliphatic rings. The Morgan fingerprint density at radius 2 is 2.14 bits per heavy atom. The number of hydrogen-bond acceptors (Lipinski definition) is 3. The van der Waals surface area contributed by atoms with Crippen LogP contribution in [0.25, 0.3) is 0 Å². The third-order valence-corrected chi connectivity index (χ3v) is 2.48. The summed E-state index contributed by atoms with van der Waals surface area (Å²) in [6.07, 6.45) is 0.389. The van der Waals surface area contributed by atoms with E-state index in [0.29, 0.717) is 12.1 Å². The maximum Gasteiger partial charge on any atom is 0.419 e. The topological polar surface area (TPSA) is 50.4 Å². The van der Waals surface area contributed by atoms with E-state index in [9.17, 15) is 18.0 Å². The Balaban J connectivity index is 2.86. The molecule has 0 aliphatic heterocycles. The van der Waals surface area contributed by atoms with Gasteiger partial charge in [-0.05, 0) is 24.7 Å². The van der Waals surface area contributed by atoms with Crippen LogP contribution in [0.15, 0.2) is 18.2 Å². The highest BCUT2D eigenvalue weighted by Gasteiger charge is 2.34. The molecule has 21 heavy (non-hydrogen) atoms. The lowest BCUT2D eigenvalue weighted by molar-refractivity contribution is -0.139. The van der Waals surface area contributed by atoms with E-state index in [2.05, 4.69) is 16.6 Å². The molecule has 1 aromatic carbocycles. The number of carbonyl (C=O) groups excluding carboxylic acids is 1. The van der Waals surface area contributed by atoms with Gasteiger partial charge in [0.2, 0.25) is 0 Å². The van der Waals surface area contributed by atoms with Gasteiger partial charge in [0.05, 0.1) is 12.1 Å². The summed E-state index contributed by atoms with van der Waals surface area (Å²) in [7, 11) is 1.63. The number of terminal acetylenes is 1. The molecule has 0 bridgehead atoms. The Labute approximate surface area is 120 Å². The number of halogens is 3. The van der Waals surface area contributed by atoms with Crippen molar-refractivity contribution in [3.63, 3.8) is 0 Å². The lowest BCUT2D eigenvalue weighted by Crippen LogP contribution is -2.29. The Morgan fingerprint density at radius 1 is 1.43 bits per heavy atom. The van der Waals surface area contributed by atoms with E-state index >= 15 is 0 Å². The smallest absolute Gasteiger partial charge is 0.419 e. The fraction of sp³-hybridized carbons (Fsp3) is 0.357. The van der Waals surface area contributed by atoms with Crippen LogP contribution in [-0.2, 0) is 17.5 Å². The first-order valence-corrected chi connectivity index (χ1v) is 6.06. The molecule has 0 saturated heterocycles. The number of ether oxygens (including phenoxy) is 1. The molecule has 7 heteroatoms. The quantitative estimate of drug-likeness (QED) is 0.784. The molecule has 4 nitrogen and oxygen atoms in total. The van der Waals surface area contributed by atoms with Gasteiger partial charge < -0.3 is 15.4 Å². The van der Waals surface area contributed by atoms with Gasteiger partial charge in [-0.2, -0.15) is 13.2 Å². The molecule has 0 atom stereocenters. The third-order valence-electron chi connectivity index (χ3n) is 2.48. The normalized spacial score (nSPS) is 10.8. The van der Waals surface area contributed by atoms with Crippen LogP contribution in [0.5, 0.6) is 5.75 Å². The van der Waals surface area contributed by atoms with Gasteiger partial charge in [0, 0.05) is 6.54 Å². The number of rotatable bonds is 6. The van der Waals surface area contributed by atoms with Crippen molar-refractivity contribution in [1.29, 1.82) is 0 Å². The molecule has 0 spiro atoms. The second-order valence-corrected chi connectivity index (χ2v) is 4.13. The summed E-state index contributed by atoms with van der Waals surface area (Å²) in [5.74, 6) is 1.21. The Kier molecular flexibility index (Phi) is 6.06. The minimum absolute atomic E-state index is 0.00454. The predicted octanol–water partition coefficient (Wildman–Crippen LogP) is 1.55. The summed E-state index contributed by atoms with van der Waals surface area (Å²) in [5, 5.41) is 5.07. The van der Waals surface area contributed by atoms with Crippen LogP contribution in [0.4, 0.5) is 13.2 Å². The molecule has 114 valence electrons. The first-order chi connectivity index (χ1) is 9.88. The molecule has 1 aromatic rings. The Morgan fingerprint density at radius 3 is 2.71 bits per heavy atom. The zero-order valence-corrected chi connectivity index (χ0v) is 11.4. The summed E-state index contributed by atoms with van der Waals surface area (Å²) >= 11 is 0. The van der Waals surface area contributed by atoms with Crippen LogP contribution < -0.4 is 15.4 Å². The third kappa shape index (κ3) is 5.36. The lowest BCUT2D eigenvalue weighted by atomic mass is 10.1. The molecule has 1 amide bonds. The lowest BCUT2D eigenvalue weighted by Gasteiger charge is -2.15. The van der Waals surface area contributed by atoms with Crippen molar-refractivity contribution in [2.75, 3.05) is 20.2 Å². The molecule has 1 rings (SSSR count). The molecule has 0 unspecified atom stereocenters.